The van der Waals surface area contributed by atoms with E-state index in [1.165, 1.54) is 7.11 Å². The van der Waals surface area contributed by atoms with Crippen molar-refractivity contribution in [3.63, 3.8) is 0 Å². The second-order valence-electron chi connectivity index (χ2n) is 5.48. The number of ether oxygens (including phenoxy) is 2. The Hall–Kier alpha value is -1.90. The van der Waals surface area contributed by atoms with E-state index in [2.05, 4.69) is 32.6 Å². The Morgan fingerprint density at radius 1 is 1.25 bits per heavy atom. The standard InChI is InChI=1S/C17H18IN3O3/c1-23-15-16(20-9-8-19-15)24-12-5-4-10-21(11-12)17(22)13-6-2-3-7-14(13)18/h2-3,6-9,12H,4-5,10-11H2,1H3. The fraction of sp³-hybridized carbons (Fsp3) is 0.353. The van der Waals surface area contributed by atoms with E-state index in [0.717, 1.165) is 28.5 Å². The maximum Gasteiger partial charge on any atom is 0.278 e. The number of piperidine rings is 1. The third-order valence-electron chi connectivity index (χ3n) is 3.87. The number of rotatable bonds is 4. The van der Waals surface area contributed by atoms with Crippen LogP contribution in [0.1, 0.15) is 23.2 Å². The first-order chi connectivity index (χ1) is 11.7. The minimum absolute atomic E-state index is 0.0411. The van der Waals surface area contributed by atoms with Crippen molar-refractivity contribution in [3.8, 4) is 11.8 Å². The molecule has 1 amide bonds. The van der Waals surface area contributed by atoms with Crippen molar-refractivity contribution in [2.24, 2.45) is 0 Å². The van der Waals surface area contributed by atoms with Crippen LogP contribution in [0.25, 0.3) is 0 Å². The van der Waals surface area contributed by atoms with Gasteiger partial charge >= 0.3 is 0 Å². The van der Waals surface area contributed by atoms with Gasteiger partial charge in [-0.3, -0.25) is 4.79 Å². The smallest absolute Gasteiger partial charge is 0.278 e. The lowest BCUT2D eigenvalue weighted by atomic mass is 10.1. The molecule has 24 heavy (non-hydrogen) atoms. The molecule has 0 spiro atoms. The zero-order valence-corrected chi connectivity index (χ0v) is 15.5. The molecule has 1 unspecified atom stereocenters. The summed E-state index contributed by atoms with van der Waals surface area (Å²) in [7, 11) is 1.53. The number of amides is 1. The van der Waals surface area contributed by atoms with Gasteiger partial charge < -0.3 is 14.4 Å². The van der Waals surface area contributed by atoms with Crippen LogP contribution >= 0.6 is 22.6 Å². The van der Waals surface area contributed by atoms with E-state index in [-0.39, 0.29) is 12.0 Å². The number of hydrogen-bond acceptors (Lipinski definition) is 5. The highest BCUT2D eigenvalue weighted by Gasteiger charge is 2.27. The van der Waals surface area contributed by atoms with Gasteiger partial charge in [0.1, 0.15) is 6.10 Å². The number of nitrogens with zero attached hydrogens (tertiary/aromatic N) is 3. The van der Waals surface area contributed by atoms with Crippen LogP contribution in [0.5, 0.6) is 11.8 Å². The minimum atomic E-state index is -0.116. The molecule has 126 valence electrons. The lowest BCUT2D eigenvalue weighted by molar-refractivity contribution is 0.0518. The molecule has 1 aliphatic rings. The normalized spacial score (nSPS) is 17.4. The topological polar surface area (TPSA) is 64.6 Å². The average Bonchev–Trinajstić information content (AvgIpc) is 2.62. The van der Waals surface area contributed by atoms with E-state index < -0.39 is 0 Å². The van der Waals surface area contributed by atoms with Crippen LogP contribution in [0.3, 0.4) is 0 Å². The third-order valence-corrected chi connectivity index (χ3v) is 4.82. The van der Waals surface area contributed by atoms with Gasteiger partial charge in [-0.05, 0) is 47.6 Å². The maximum absolute atomic E-state index is 12.8. The van der Waals surface area contributed by atoms with Crippen LogP contribution in [0, 0.1) is 3.57 Å². The second-order valence-corrected chi connectivity index (χ2v) is 6.65. The molecular formula is C17H18IN3O3. The number of hydrogen-bond donors (Lipinski definition) is 0. The van der Waals surface area contributed by atoms with Gasteiger partial charge in [0.2, 0.25) is 0 Å². The summed E-state index contributed by atoms with van der Waals surface area (Å²) >= 11 is 2.19. The van der Waals surface area contributed by atoms with Crippen molar-refractivity contribution in [3.05, 3.63) is 45.8 Å². The van der Waals surface area contributed by atoms with Gasteiger partial charge in [-0.15, -0.1) is 0 Å². The largest absolute Gasteiger partial charge is 0.477 e. The number of likely N-dealkylation sites (tertiary alicyclic amines) is 1. The monoisotopic (exact) mass is 439 g/mol. The van der Waals surface area contributed by atoms with Crippen LogP contribution in [0.15, 0.2) is 36.7 Å². The predicted octanol–water partition coefficient (Wildman–Crippen LogP) is 2.77. The first kappa shape index (κ1) is 16.9. The molecule has 3 rings (SSSR count). The number of benzene rings is 1. The van der Waals surface area contributed by atoms with E-state index in [1.807, 2.05) is 29.2 Å². The van der Waals surface area contributed by atoms with Gasteiger partial charge in [0.05, 0.1) is 19.2 Å². The summed E-state index contributed by atoms with van der Waals surface area (Å²) in [6.07, 6.45) is 4.77. The molecule has 0 aliphatic carbocycles. The average molecular weight is 439 g/mol. The van der Waals surface area contributed by atoms with Gasteiger partial charge in [0, 0.05) is 22.5 Å². The zero-order chi connectivity index (χ0) is 16.9. The lowest BCUT2D eigenvalue weighted by Crippen LogP contribution is -2.44. The Kier molecular flexibility index (Phi) is 5.49. The summed E-state index contributed by atoms with van der Waals surface area (Å²) in [4.78, 5) is 22.9. The quantitative estimate of drug-likeness (QED) is 0.686. The summed E-state index contributed by atoms with van der Waals surface area (Å²) in [5, 5.41) is 0. The van der Waals surface area contributed by atoms with Gasteiger partial charge in [-0.25, -0.2) is 9.97 Å². The molecule has 1 fully saturated rings. The van der Waals surface area contributed by atoms with Gasteiger partial charge in [-0.2, -0.15) is 0 Å². The highest BCUT2D eigenvalue weighted by atomic mass is 127. The van der Waals surface area contributed by atoms with Crippen LogP contribution in [-0.2, 0) is 0 Å². The fourth-order valence-corrected chi connectivity index (χ4v) is 3.33. The highest BCUT2D eigenvalue weighted by Crippen LogP contribution is 2.25. The minimum Gasteiger partial charge on any atom is -0.477 e. The molecule has 2 heterocycles. The third kappa shape index (κ3) is 3.77. The van der Waals surface area contributed by atoms with Crippen LogP contribution in [0.2, 0.25) is 0 Å². The Bertz CT molecular complexity index is 726. The molecule has 1 aromatic carbocycles. The summed E-state index contributed by atoms with van der Waals surface area (Å²) in [6.45, 7) is 1.27. The van der Waals surface area contributed by atoms with Gasteiger partial charge in [0.15, 0.2) is 0 Å². The van der Waals surface area contributed by atoms with Gasteiger partial charge in [-0.1, -0.05) is 12.1 Å². The first-order valence-corrected chi connectivity index (χ1v) is 8.82. The number of carbonyl (C=O) groups excluding carboxylic acids is 1. The SMILES string of the molecule is COc1nccnc1OC1CCCN(C(=O)c2ccccc2I)C1. The summed E-state index contributed by atoms with van der Waals surface area (Å²) in [6, 6.07) is 7.62. The molecular weight excluding hydrogens is 421 g/mol. The summed E-state index contributed by atoms with van der Waals surface area (Å²) < 4.78 is 12.1. The summed E-state index contributed by atoms with van der Waals surface area (Å²) in [5.41, 5.74) is 0.732. The number of methoxy groups -OCH3 is 1. The van der Waals surface area contributed by atoms with Crippen molar-refractivity contribution in [2.75, 3.05) is 20.2 Å². The molecule has 1 saturated heterocycles. The number of aromatic nitrogens is 2. The molecule has 1 atom stereocenters. The van der Waals surface area contributed by atoms with Crippen LogP contribution in [-0.4, -0.2) is 47.1 Å². The lowest BCUT2D eigenvalue weighted by Gasteiger charge is -2.33. The fourth-order valence-electron chi connectivity index (χ4n) is 2.72. The van der Waals surface area contributed by atoms with Crippen molar-refractivity contribution in [1.82, 2.24) is 14.9 Å². The Balaban J connectivity index is 1.70. The number of halogens is 1. The van der Waals surface area contributed by atoms with E-state index in [4.69, 9.17) is 9.47 Å². The van der Waals surface area contributed by atoms with Crippen LogP contribution in [0.4, 0.5) is 0 Å². The molecule has 2 aromatic rings. The van der Waals surface area contributed by atoms with Crippen molar-refractivity contribution < 1.29 is 14.3 Å². The molecule has 1 aliphatic heterocycles. The van der Waals surface area contributed by atoms with Crippen molar-refractivity contribution in [1.29, 1.82) is 0 Å². The zero-order valence-electron chi connectivity index (χ0n) is 13.3. The van der Waals surface area contributed by atoms with Gasteiger partial charge in [0.25, 0.3) is 17.7 Å². The molecule has 0 N–H and O–H groups in total. The van der Waals surface area contributed by atoms with E-state index >= 15 is 0 Å². The first-order valence-electron chi connectivity index (χ1n) is 7.74. The van der Waals surface area contributed by atoms with Crippen molar-refractivity contribution in [2.45, 2.75) is 18.9 Å². The van der Waals surface area contributed by atoms with E-state index in [0.29, 0.717) is 18.3 Å². The second kappa shape index (κ2) is 7.78. The van der Waals surface area contributed by atoms with E-state index in [1.54, 1.807) is 12.4 Å². The molecule has 7 heteroatoms. The molecule has 0 radical (unpaired) electrons. The van der Waals surface area contributed by atoms with Crippen molar-refractivity contribution >= 4 is 28.5 Å². The Labute approximate surface area is 154 Å². The highest BCUT2D eigenvalue weighted by molar-refractivity contribution is 14.1. The molecule has 0 saturated carbocycles. The molecule has 0 bridgehead atoms. The Morgan fingerprint density at radius 3 is 2.75 bits per heavy atom. The number of carbonyl (C=O) groups is 1. The Morgan fingerprint density at radius 2 is 2.00 bits per heavy atom. The molecule has 6 nitrogen and oxygen atoms in total. The summed E-state index contributed by atoms with van der Waals surface area (Å²) in [5.74, 6) is 0.770. The van der Waals surface area contributed by atoms with E-state index in [9.17, 15) is 4.79 Å². The van der Waals surface area contributed by atoms with Crippen LogP contribution < -0.4 is 9.47 Å². The predicted molar refractivity (Wildman–Crippen MR) is 97.3 cm³/mol. The molecule has 1 aromatic heterocycles. The maximum atomic E-state index is 12.8.